The van der Waals surface area contributed by atoms with Gasteiger partial charge >= 0.3 is 0 Å². The second kappa shape index (κ2) is 7.13. The summed E-state index contributed by atoms with van der Waals surface area (Å²) < 4.78 is 32.9. The Bertz CT molecular complexity index is 605. The summed E-state index contributed by atoms with van der Waals surface area (Å²) in [5.41, 5.74) is 0.924. The zero-order valence-corrected chi connectivity index (χ0v) is 12.1. The van der Waals surface area contributed by atoms with E-state index >= 15 is 0 Å². The molecule has 1 aromatic heterocycles. The van der Waals surface area contributed by atoms with Crippen LogP contribution in [-0.2, 0) is 0 Å². The molecule has 0 fully saturated rings. The van der Waals surface area contributed by atoms with Gasteiger partial charge in [-0.05, 0) is 25.1 Å². The van der Waals surface area contributed by atoms with Crippen molar-refractivity contribution in [3.8, 4) is 5.88 Å². The molecule has 3 nitrogen and oxygen atoms in total. The lowest BCUT2D eigenvalue weighted by Crippen LogP contribution is -2.25. The number of aromatic nitrogens is 1. The van der Waals surface area contributed by atoms with Gasteiger partial charge in [0.2, 0.25) is 5.88 Å². The van der Waals surface area contributed by atoms with Crippen molar-refractivity contribution in [2.75, 3.05) is 13.7 Å². The summed E-state index contributed by atoms with van der Waals surface area (Å²) in [6.45, 7) is 2.67. The van der Waals surface area contributed by atoms with Gasteiger partial charge in [-0.15, -0.1) is 0 Å². The Morgan fingerprint density at radius 2 is 1.95 bits per heavy atom. The number of methoxy groups -OCH3 is 1. The normalized spacial score (nSPS) is 12.2. The van der Waals surface area contributed by atoms with Crippen LogP contribution in [0.3, 0.4) is 0 Å². The third-order valence-corrected chi connectivity index (χ3v) is 3.20. The number of nitrogens with zero attached hydrogens (tertiary/aromatic N) is 1. The van der Waals surface area contributed by atoms with Gasteiger partial charge in [-0.1, -0.05) is 25.1 Å². The van der Waals surface area contributed by atoms with E-state index in [-0.39, 0.29) is 5.56 Å². The average molecular weight is 292 g/mol. The number of nitrogens with one attached hydrogen (secondary N) is 1. The fourth-order valence-corrected chi connectivity index (χ4v) is 2.21. The Balaban J connectivity index is 2.50. The van der Waals surface area contributed by atoms with Crippen molar-refractivity contribution < 1.29 is 13.5 Å². The average Bonchev–Trinajstić information content (AvgIpc) is 2.52. The molecule has 0 radical (unpaired) electrons. The van der Waals surface area contributed by atoms with Gasteiger partial charge in [0.25, 0.3) is 0 Å². The van der Waals surface area contributed by atoms with Crippen LogP contribution in [-0.4, -0.2) is 18.6 Å². The minimum Gasteiger partial charge on any atom is -0.481 e. The van der Waals surface area contributed by atoms with Gasteiger partial charge in [-0.25, -0.2) is 13.8 Å². The summed E-state index contributed by atoms with van der Waals surface area (Å²) in [6.07, 6.45) is 2.47. The van der Waals surface area contributed by atoms with Gasteiger partial charge in [0.15, 0.2) is 11.6 Å². The second-order valence-electron chi connectivity index (χ2n) is 4.63. The zero-order chi connectivity index (χ0) is 15.2. The molecule has 0 saturated carbocycles. The fourth-order valence-electron chi connectivity index (χ4n) is 2.21. The zero-order valence-electron chi connectivity index (χ0n) is 12.1. The topological polar surface area (TPSA) is 34.2 Å². The van der Waals surface area contributed by atoms with Crippen LogP contribution < -0.4 is 10.1 Å². The SMILES string of the molecule is CCCNC(c1cccnc1OC)c1cccc(F)c1F. The molecule has 0 aliphatic rings. The molecular formula is C16H18F2N2O. The summed E-state index contributed by atoms with van der Waals surface area (Å²) in [5, 5.41) is 3.22. The molecule has 1 heterocycles. The molecular weight excluding hydrogens is 274 g/mol. The quantitative estimate of drug-likeness (QED) is 0.885. The minimum atomic E-state index is -0.862. The van der Waals surface area contributed by atoms with E-state index in [4.69, 9.17) is 4.74 Å². The standard InChI is InChI=1S/C16H18F2N2O/c1-3-9-19-15(11-6-4-8-13(17)14(11)18)12-7-5-10-20-16(12)21-2/h4-8,10,15,19H,3,9H2,1-2H3. The van der Waals surface area contributed by atoms with Crippen LogP contribution in [0.2, 0.25) is 0 Å². The molecule has 1 N–H and O–H groups in total. The highest BCUT2D eigenvalue weighted by atomic mass is 19.2. The third kappa shape index (κ3) is 3.36. The van der Waals surface area contributed by atoms with E-state index in [1.165, 1.54) is 13.2 Å². The van der Waals surface area contributed by atoms with Gasteiger partial charge in [-0.3, -0.25) is 0 Å². The second-order valence-corrected chi connectivity index (χ2v) is 4.63. The molecule has 1 aromatic carbocycles. The van der Waals surface area contributed by atoms with E-state index in [1.807, 2.05) is 6.92 Å². The van der Waals surface area contributed by atoms with E-state index in [0.29, 0.717) is 18.0 Å². The van der Waals surface area contributed by atoms with Crippen molar-refractivity contribution in [2.45, 2.75) is 19.4 Å². The highest BCUT2D eigenvalue weighted by molar-refractivity contribution is 5.38. The maximum Gasteiger partial charge on any atom is 0.218 e. The monoisotopic (exact) mass is 292 g/mol. The van der Waals surface area contributed by atoms with Crippen LogP contribution in [0.4, 0.5) is 8.78 Å². The number of ether oxygens (including phenoxy) is 1. The summed E-state index contributed by atoms with van der Waals surface area (Å²) in [5.74, 6) is -1.31. The molecule has 112 valence electrons. The lowest BCUT2D eigenvalue weighted by molar-refractivity contribution is 0.385. The largest absolute Gasteiger partial charge is 0.481 e. The van der Waals surface area contributed by atoms with Crippen LogP contribution >= 0.6 is 0 Å². The molecule has 1 atom stereocenters. The van der Waals surface area contributed by atoms with Gasteiger partial charge in [0.1, 0.15) is 0 Å². The maximum atomic E-state index is 14.1. The van der Waals surface area contributed by atoms with Gasteiger partial charge in [-0.2, -0.15) is 0 Å². The van der Waals surface area contributed by atoms with E-state index < -0.39 is 17.7 Å². The van der Waals surface area contributed by atoms with Crippen molar-refractivity contribution >= 4 is 0 Å². The molecule has 0 saturated heterocycles. The number of hydrogen-bond acceptors (Lipinski definition) is 3. The molecule has 21 heavy (non-hydrogen) atoms. The Kier molecular flexibility index (Phi) is 5.22. The third-order valence-electron chi connectivity index (χ3n) is 3.20. The molecule has 5 heteroatoms. The number of rotatable bonds is 6. The van der Waals surface area contributed by atoms with E-state index in [0.717, 1.165) is 12.5 Å². The Morgan fingerprint density at radius 1 is 1.19 bits per heavy atom. The first-order valence-electron chi connectivity index (χ1n) is 6.85. The predicted octanol–water partition coefficient (Wildman–Crippen LogP) is 3.46. The molecule has 0 amide bonds. The van der Waals surface area contributed by atoms with Crippen molar-refractivity contribution in [3.05, 3.63) is 59.3 Å². The van der Waals surface area contributed by atoms with Crippen molar-refractivity contribution in [3.63, 3.8) is 0 Å². The van der Waals surface area contributed by atoms with Crippen molar-refractivity contribution in [2.24, 2.45) is 0 Å². The molecule has 1 unspecified atom stereocenters. The van der Waals surface area contributed by atoms with Gasteiger partial charge in [0.05, 0.1) is 13.2 Å². The highest BCUT2D eigenvalue weighted by Gasteiger charge is 2.22. The first-order valence-corrected chi connectivity index (χ1v) is 6.85. The number of pyridine rings is 1. The van der Waals surface area contributed by atoms with Crippen LogP contribution in [0.25, 0.3) is 0 Å². The summed E-state index contributed by atoms with van der Waals surface area (Å²) >= 11 is 0. The van der Waals surface area contributed by atoms with Gasteiger partial charge < -0.3 is 10.1 Å². The number of benzene rings is 1. The maximum absolute atomic E-state index is 14.1. The molecule has 0 aliphatic carbocycles. The first-order chi connectivity index (χ1) is 10.2. The Morgan fingerprint density at radius 3 is 2.67 bits per heavy atom. The lowest BCUT2D eigenvalue weighted by atomic mass is 9.98. The molecule has 0 bridgehead atoms. The number of hydrogen-bond donors (Lipinski definition) is 1. The number of halogens is 2. The first kappa shape index (κ1) is 15.4. The molecule has 2 rings (SSSR count). The molecule has 0 spiro atoms. The Labute approximate surface area is 123 Å². The summed E-state index contributed by atoms with van der Waals surface area (Å²) in [4.78, 5) is 4.13. The highest BCUT2D eigenvalue weighted by Crippen LogP contribution is 2.30. The van der Waals surface area contributed by atoms with E-state index in [2.05, 4.69) is 10.3 Å². The lowest BCUT2D eigenvalue weighted by Gasteiger charge is -2.21. The fraction of sp³-hybridized carbons (Fsp3) is 0.312. The molecule has 2 aromatic rings. The van der Waals surface area contributed by atoms with Crippen LogP contribution in [0.1, 0.15) is 30.5 Å². The van der Waals surface area contributed by atoms with E-state index in [1.54, 1.807) is 24.4 Å². The summed E-state index contributed by atoms with van der Waals surface area (Å²) in [6, 6.07) is 7.20. The predicted molar refractivity (Wildman–Crippen MR) is 77.3 cm³/mol. The van der Waals surface area contributed by atoms with E-state index in [9.17, 15) is 8.78 Å². The summed E-state index contributed by atoms with van der Waals surface area (Å²) in [7, 11) is 1.50. The minimum absolute atomic E-state index is 0.245. The molecule has 0 aliphatic heterocycles. The smallest absolute Gasteiger partial charge is 0.218 e. The van der Waals surface area contributed by atoms with Crippen LogP contribution in [0.5, 0.6) is 5.88 Å². The Hall–Kier alpha value is -2.01. The van der Waals surface area contributed by atoms with Crippen LogP contribution in [0, 0.1) is 11.6 Å². The van der Waals surface area contributed by atoms with Crippen molar-refractivity contribution in [1.29, 1.82) is 0 Å². The van der Waals surface area contributed by atoms with Gasteiger partial charge in [0, 0.05) is 17.3 Å². The van der Waals surface area contributed by atoms with Crippen LogP contribution in [0.15, 0.2) is 36.5 Å². The van der Waals surface area contributed by atoms with Crippen molar-refractivity contribution in [1.82, 2.24) is 10.3 Å².